The highest BCUT2D eigenvalue weighted by Gasteiger charge is 2.27. The van der Waals surface area contributed by atoms with Gasteiger partial charge in [0.15, 0.2) is 5.52 Å². The molecule has 1 atom stereocenters. The molecule has 0 spiro atoms. The largest absolute Gasteiger partial charge is 0.497 e. The second-order valence-corrected chi connectivity index (χ2v) is 8.48. The molecule has 4 rings (SSSR count). The van der Waals surface area contributed by atoms with Crippen LogP contribution in [0.25, 0.3) is 22.2 Å². The molecule has 176 valence electrons. The van der Waals surface area contributed by atoms with Crippen molar-refractivity contribution in [2.24, 2.45) is 0 Å². The molecular formula is C26H28N4O4. The molecule has 2 aromatic heterocycles. The van der Waals surface area contributed by atoms with E-state index in [-0.39, 0.29) is 11.4 Å². The zero-order chi connectivity index (χ0) is 24.6. The molecule has 0 aliphatic heterocycles. The second kappa shape index (κ2) is 9.13. The summed E-state index contributed by atoms with van der Waals surface area (Å²) in [5.41, 5.74) is 4.67. The van der Waals surface area contributed by atoms with Gasteiger partial charge < -0.3 is 14.6 Å². The van der Waals surface area contributed by atoms with Crippen LogP contribution in [0.1, 0.15) is 41.8 Å². The van der Waals surface area contributed by atoms with Gasteiger partial charge in [0.2, 0.25) is 5.91 Å². The standard InChI is InChI=1S/C26H28N4O4/c1-7-20(25(31)27-22-15(3)11-14(2)12-16(22)4)30-26(32)24-21(17(5)34-29-24)23(28-30)18-9-8-10-19(13-18)33-6/h8-13,20H,7H2,1-6H3,(H,27,31). The summed E-state index contributed by atoms with van der Waals surface area (Å²) in [7, 11) is 1.58. The third kappa shape index (κ3) is 4.07. The normalized spacial score (nSPS) is 12.1. The van der Waals surface area contributed by atoms with Crippen LogP contribution in [0.2, 0.25) is 0 Å². The van der Waals surface area contributed by atoms with Crippen LogP contribution in [0.4, 0.5) is 5.69 Å². The van der Waals surface area contributed by atoms with Crippen LogP contribution in [0.3, 0.4) is 0 Å². The van der Waals surface area contributed by atoms with Crippen molar-refractivity contribution >= 4 is 22.5 Å². The van der Waals surface area contributed by atoms with Crippen LogP contribution in [0.5, 0.6) is 5.75 Å². The summed E-state index contributed by atoms with van der Waals surface area (Å²) in [6.45, 7) is 9.49. The molecule has 8 nitrogen and oxygen atoms in total. The summed E-state index contributed by atoms with van der Waals surface area (Å²) < 4.78 is 11.9. The Hall–Kier alpha value is -3.94. The Kier molecular flexibility index (Phi) is 6.24. The molecular weight excluding hydrogens is 432 g/mol. The number of nitrogens with zero attached hydrogens (tertiary/aromatic N) is 3. The molecule has 1 amide bonds. The molecule has 0 saturated heterocycles. The van der Waals surface area contributed by atoms with Gasteiger partial charge >= 0.3 is 0 Å². The summed E-state index contributed by atoms with van der Waals surface area (Å²) in [6, 6.07) is 10.5. The fourth-order valence-electron chi connectivity index (χ4n) is 4.35. The Morgan fingerprint density at radius 3 is 2.50 bits per heavy atom. The van der Waals surface area contributed by atoms with Gasteiger partial charge in [-0.2, -0.15) is 5.10 Å². The third-order valence-electron chi connectivity index (χ3n) is 5.97. The molecule has 2 aromatic carbocycles. The number of aromatic nitrogens is 3. The van der Waals surface area contributed by atoms with Crippen LogP contribution in [0.15, 0.2) is 45.7 Å². The fraction of sp³-hybridized carbons (Fsp3) is 0.308. The highest BCUT2D eigenvalue weighted by Crippen LogP contribution is 2.30. The molecule has 1 N–H and O–H groups in total. The van der Waals surface area contributed by atoms with Gasteiger partial charge in [0.1, 0.15) is 23.2 Å². The van der Waals surface area contributed by atoms with Crippen molar-refractivity contribution in [3.05, 3.63) is 69.2 Å². The third-order valence-corrected chi connectivity index (χ3v) is 5.97. The number of hydrogen-bond acceptors (Lipinski definition) is 6. The van der Waals surface area contributed by atoms with E-state index >= 15 is 0 Å². The highest BCUT2D eigenvalue weighted by molar-refractivity contribution is 5.96. The van der Waals surface area contributed by atoms with Gasteiger partial charge in [-0.05, 0) is 57.4 Å². The molecule has 1 unspecified atom stereocenters. The second-order valence-electron chi connectivity index (χ2n) is 8.48. The van der Waals surface area contributed by atoms with Gasteiger partial charge in [0.05, 0.1) is 12.5 Å². The first-order valence-corrected chi connectivity index (χ1v) is 11.2. The van der Waals surface area contributed by atoms with Crippen molar-refractivity contribution in [3.63, 3.8) is 0 Å². The Labute approximate surface area is 197 Å². The lowest BCUT2D eigenvalue weighted by atomic mass is 10.0. The predicted octanol–water partition coefficient (Wildman–Crippen LogP) is 4.88. The number of anilines is 1. The van der Waals surface area contributed by atoms with Crippen LogP contribution in [0, 0.1) is 27.7 Å². The first kappa shape index (κ1) is 23.2. The Morgan fingerprint density at radius 2 is 1.85 bits per heavy atom. The number of methoxy groups -OCH3 is 1. The summed E-state index contributed by atoms with van der Waals surface area (Å²) in [5, 5.41) is 12.2. The minimum Gasteiger partial charge on any atom is -0.497 e. The zero-order valence-electron chi connectivity index (χ0n) is 20.2. The fourth-order valence-corrected chi connectivity index (χ4v) is 4.35. The van der Waals surface area contributed by atoms with E-state index in [0.29, 0.717) is 29.0 Å². The van der Waals surface area contributed by atoms with E-state index in [0.717, 1.165) is 27.9 Å². The monoisotopic (exact) mass is 460 g/mol. The maximum atomic E-state index is 13.4. The van der Waals surface area contributed by atoms with E-state index in [2.05, 4.69) is 15.6 Å². The van der Waals surface area contributed by atoms with Crippen molar-refractivity contribution in [2.75, 3.05) is 12.4 Å². The number of ether oxygens (including phenoxy) is 1. The summed E-state index contributed by atoms with van der Waals surface area (Å²) in [5.74, 6) is 0.811. The van der Waals surface area contributed by atoms with Crippen molar-refractivity contribution < 1.29 is 14.1 Å². The summed E-state index contributed by atoms with van der Waals surface area (Å²) in [4.78, 5) is 26.8. The van der Waals surface area contributed by atoms with Gasteiger partial charge in [0, 0.05) is 11.3 Å². The number of fused-ring (bicyclic) bond motifs is 1. The van der Waals surface area contributed by atoms with Gasteiger partial charge in [0.25, 0.3) is 5.56 Å². The van der Waals surface area contributed by atoms with Gasteiger partial charge in [-0.3, -0.25) is 9.59 Å². The van der Waals surface area contributed by atoms with E-state index in [9.17, 15) is 9.59 Å². The molecule has 0 aliphatic rings. The number of hydrogen-bond donors (Lipinski definition) is 1. The number of carbonyl (C=O) groups is 1. The summed E-state index contributed by atoms with van der Waals surface area (Å²) >= 11 is 0. The van der Waals surface area contributed by atoms with Crippen molar-refractivity contribution in [3.8, 4) is 17.0 Å². The molecule has 8 heteroatoms. The average Bonchev–Trinajstić information content (AvgIpc) is 3.20. The number of benzene rings is 2. The molecule has 4 aromatic rings. The van der Waals surface area contributed by atoms with Crippen LogP contribution in [-0.2, 0) is 4.79 Å². The first-order chi connectivity index (χ1) is 16.2. The van der Waals surface area contributed by atoms with Crippen LogP contribution >= 0.6 is 0 Å². The molecule has 0 saturated carbocycles. The Morgan fingerprint density at radius 1 is 1.15 bits per heavy atom. The van der Waals surface area contributed by atoms with E-state index < -0.39 is 11.6 Å². The van der Waals surface area contributed by atoms with E-state index in [1.165, 1.54) is 4.68 Å². The van der Waals surface area contributed by atoms with E-state index in [1.54, 1.807) is 14.0 Å². The SMILES string of the molecule is CCC(C(=O)Nc1c(C)cc(C)cc1C)n1nc(-c2cccc(OC)c2)c2c(C)onc2c1=O. The number of rotatable bonds is 6. The topological polar surface area (TPSA) is 99.2 Å². The number of aryl methyl sites for hydroxylation is 4. The van der Waals surface area contributed by atoms with E-state index in [1.807, 2.05) is 64.1 Å². The maximum Gasteiger partial charge on any atom is 0.297 e. The molecule has 0 bridgehead atoms. The zero-order valence-corrected chi connectivity index (χ0v) is 20.2. The van der Waals surface area contributed by atoms with Gasteiger partial charge in [-0.25, -0.2) is 4.68 Å². The number of carbonyl (C=O) groups excluding carboxylic acids is 1. The van der Waals surface area contributed by atoms with Crippen molar-refractivity contribution in [1.29, 1.82) is 0 Å². The van der Waals surface area contributed by atoms with Gasteiger partial charge in [-0.1, -0.05) is 41.9 Å². The number of nitrogens with one attached hydrogen (secondary N) is 1. The molecule has 0 aliphatic carbocycles. The minimum atomic E-state index is -0.835. The number of amides is 1. The molecule has 0 fully saturated rings. The van der Waals surface area contributed by atoms with Gasteiger partial charge in [-0.15, -0.1) is 0 Å². The van der Waals surface area contributed by atoms with Crippen molar-refractivity contribution in [1.82, 2.24) is 14.9 Å². The molecule has 2 heterocycles. The van der Waals surface area contributed by atoms with Crippen molar-refractivity contribution in [2.45, 2.75) is 47.1 Å². The smallest absolute Gasteiger partial charge is 0.297 e. The van der Waals surface area contributed by atoms with Crippen LogP contribution < -0.4 is 15.6 Å². The lowest BCUT2D eigenvalue weighted by molar-refractivity contribution is -0.119. The quantitative estimate of drug-likeness (QED) is 0.440. The summed E-state index contributed by atoms with van der Waals surface area (Å²) in [6.07, 6.45) is 0.364. The minimum absolute atomic E-state index is 0.138. The van der Waals surface area contributed by atoms with Crippen LogP contribution in [-0.4, -0.2) is 28.0 Å². The Balaban J connectivity index is 1.85. The lowest BCUT2D eigenvalue weighted by Crippen LogP contribution is -2.35. The first-order valence-electron chi connectivity index (χ1n) is 11.2. The molecule has 0 radical (unpaired) electrons. The average molecular weight is 461 g/mol. The maximum absolute atomic E-state index is 13.4. The predicted molar refractivity (Wildman–Crippen MR) is 131 cm³/mol. The Bertz CT molecular complexity index is 1430. The molecule has 34 heavy (non-hydrogen) atoms. The lowest BCUT2D eigenvalue weighted by Gasteiger charge is -2.20. The van der Waals surface area contributed by atoms with E-state index in [4.69, 9.17) is 9.26 Å². The highest BCUT2D eigenvalue weighted by atomic mass is 16.5.